The second-order valence-electron chi connectivity index (χ2n) is 5.81. The predicted molar refractivity (Wildman–Crippen MR) is 89.9 cm³/mol. The molecule has 0 saturated heterocycles. The third-order valence-corrected chi connectivity index (χ3v) is 4.28. The molecule has 1 aliphatic rings. The van der Waals surface area contributed by atoms with Gasteiger partial charge in [0.1, 0.15) is 5.75 Å². The minimum Gasteiger partial charge on any atom is -0.493 e. The molecule has 22 heavy (non-hydrogen) atoms. The summed E-state index contributed by atoms with van der Waals surface area (Å²) in [5.74, 6) is 0.925. The molecule has 2 N–H and O–H groups in total. The fourth-order valence-corrected chi connectivity index (χ4v) is 3.03. The first kappa shape index (κ1) is 15.1. The number of hydrogen-bond donors (Lipinski definition) is 1. The average molecular weight is 296 g/mol. The van der Waals surface area contributed by atoms with Crippen molar-refractivity contribution in [2.24, 2.45) is 5.73 Å². The van der Waals surface area contributed by atoms with Gasteiger partial charge in [0.2, 0.25) is 0 Å². The Morgan fingerprint density at radius 3 is 2.64 bits per heavy atom. The van der Waals surface area contributed by atoms with E-state index >= 15 is 0 Å². The van der Waals surface area contributed by atoms with Gasteiger partial charge < -0.3 is 10.5 Å². The molecule has 3 heteroatoms. The van der Waals surface area contributed by atoms with Gasteiger partial charge in [-0.3, -0.25) is 4.90 Å². The van der Waals surface area contributed by atoms with E-state index in [2.05, 4.69) is 29.2 Å². The van der Waals surface area contributed by atoms with Crippen LogP contribution < -0.4 is 10.5 Å². The molecule has 0 radical (unpaired) electrons. The molecule has 2 aromatic carbocycles. The Labute approximate surface area is 132 Å². The van der Waals surface area contributed by atoms with Crippen LogP contribution in [0.5, 0.6) is 5.75 Å². The topological polar surface area (TPSA) is 38.5 Å². The second kappa shape index (κ2) is 7.43. The lowest BCUT2D eigenvalue weighted by molar-refractivity contribution is 0.220. The van der Waals surface area contributed by atoms with Crippen molar-refractivity contribution < 1.29 is 4.74 Å². The summed E-state index contributed by atoms with van der Waals surface area (Å²) in [4.78, 5) is 2.51. The molecule has 0 saturated carbocycles. The van der Waals surface area contributed by atoms with Gasteiger partial charge in [-0.05, 0) is 30.0 Å². The summed E-state index contributed by atoms with van der Waals surface area (Å²) < 4.78 is 5.88. The molecular weight excluding hydrogens is 272 g/mol. The standard InChI is InChI=1S/C19H24N2O/c20-14-17-7-3-4-9-19(17)22-13-5-11-21-12-10-16-6-1-2-8-18(16)15-21/h1-4,6-9H,5,10-15,20H2. The molecule has 0 aliphatic carbocycles. The summed E-state index contributed by atoms with van der Waals surface area (Å²) in [6.07, 6.45) is 2.20. The smallest absolute Gasteiger partial charge is 0.123 e. The van der Waals surface area contributed by atoms with Crippen LogP contribution in [0.1, 0.15) is 23.1 Å². The summed E-state index contributed by atoms with van der Waals surface area (Å²) in [5.41, 5.74) is 9.79. The van der Waals surface area contributed by atoms with E-state index in [4.69, 9.17) is 10.5 Å². The third-order valence-electron chi connectivity index (χ3n) is 4.28. The molecule has 3 rings (SSSR count). The third kappa shape index (κ3) is 3.67. The Hall–Kier alpha value is -1.84. The van der Waals surface area contributed by atoms with Crippen LogP contribution in [0.25, 0.3) is 0 Å². The van der Waals surface area contributed by atoms with Crippen molar-refractivity contribution in [1.82, 2.24) is 4.90 Å². The molecule has 0 amide bonds. The molecule has 116 valence electrons. The highest BCUT2D eigenvalue weighted by atomic mass is 16.5. The van der Waals surface area contributed by atoms with Crippen molar-refractivity contribution in [1.29, 1.82) is 0 Å². The first-order valence-electron chi connectivity index (χ1n) is 8.07. The van der Waals surface area contributed by atoms with Gasteiger partial charge in [-0.15, -0.1) is 0 Å². The average Bonchev–Trinajstić information content (AvgIpc) is 2.59. The van der Waals surface area contributed by atoms with Crippen LogP contribution in [0.4, 0.5) is 0 Å². The zero-order valence-electron chi connectivity index (χ0n) is 13.0. The van der Waals surface area contributed by atoms with E-state index in [1.807, 2.05) is 24.3 Å². The van der Waals surface area contributed by atoms with E-state index < -0.39 is 0 Å². The SMILES string of the molecule is NCc1ccccc1OCCCN1CCc2ccccc2C1. The van der Waals surface area contributed by atoms with Gasteiger partial charge >= 0.3 is 0 Å². The van der Waals surface area contributed by atoms with Gasteiger partial charge in [0.15, 0.2) is 0 Å². The maximum absolute atomic E-state index is 5.88. The monoisotopic (exact) mass is 296 g/mol. The highest BCUT2D eigenvalue weighted by Gasteiger charge is 2.14. The first-order chi connectivity index (χ1) is 10.9. The number of ether oxygens (including phenoxy) is 1. The van der Waals surface area contributed by atoms with E-state index in [1.54, 1.807) is 0 Å². The van der Waals surface area contributed by atoms with Crippen molar-refractivity contribution in [2.45, 2.75) is 25.9 Å². The van der Waals surface area contributed by atoms with Crippen LogP contribution in [-0.2, 0) is 19.5 Å². The lowest BCUT2D eigenvalue weighted by Gasteiger charge is -2.28. The van der Waals surface area contributed by atoms with Crippen molar-refractivity contribution in [3.8, 4) is 5.75 Å². The molecule has 0 spiro atoms. The Morgan fingerprint density at radius 1 is 1.00 bits per heavy atom. The lowest BCUT2D eigenvalue weighted by Crippen LogP contribution is -2.32. The number of benzene rings is 2. The van der Waals surface area contributed by atoms with Crippen molar-refractivity contribution >= 4 is 0 Å². The number of nitrogens with two attached hydrogens (primary N) is 1. The zero-order valence-corrected chi connectivity index (χ0v) is 13.0. The van der Waals surface area contributed by atoms with Crippen molar-refractivity contribution in [2.75, 3.05) is 19.7 Å². The normalized spacial score (nSPS) is 14.6. The maximum Gasteiger partial charge on any atom is 0.123 e. The number of nitrogens with zero attached hydrogens (tertiary/aromatic N) is 1. The summed E-state index contributed by atoms with van der Waals surface area (Å²) in [6.45, 7) is 4.57. The predicted octanol–water partition coefficient (Wildman–Crippen LogP) is 2.97. The minimum atomic E-state index is 0.527. The fourth-order valence-electron chi connectivity index (χ4n) is 3.03. The quantitative estimate of drug-likeness (QED) is 0.833. The van der Waals surface area contributed by atoms with Crippen LogP contribution in [0.3, 0.4) is 0 Å². The molecule has 2 aromatic rings. The minimum absolute atomic E-state index is 0.527. The molecule has 1 aliphatic heterocycles. The molecular formula is C19H24N2O. The molecule has 1 heterocycles. The van der Waals surface area contributed by atoms with Crippen LogP contribution in [0.15, 0.2) is 48.5 Å². The summed E-state index contributed by atoms with van der Waals surface area (Å²) in [7, 11) is 0. The molecule has 0 atom stereocenters. The van der Waals surface area contributed by atoms with Gasteiger partial charge in [0.25, 0.3) is 0 Å². The summed E-state index contributed by atoms with van der Waals surface area (Å²) in [6, 6.07) is 16.8. The Balaban J connectivity index is 1.44. The number of hydrogen-bond acceptors (Lipinski definition) is 3. The summed E-state index contributed by atoms with van der Waals surface area (Å²) >= 11 is 0. The molecule has 0 unspecified atom stereocenters. The van der Waals surface area contributed by atoms with Crippen LogP contribution in [0.2, 0.25) is 0 Å². The first-order valence-corrected chi connectivity index (χ1v) is 8.07. The van der Waals surface area contributed by atoms with Crippen LogP contribution >= 0.6 is 0 Å². The fraction of sp³-hybridized carbons (Fsp3) is 0.368. The Morgan fingerprint density at radius 2 is 1.77 bits per heavy atom. The Bertz CT molecular complexity index is 612. The molecule has 0 fully saturated rings. The van der Waals surface area contributed by atoms with E-state index in [-0.39, 0.29) is 0 Å². The molecule has 0 bridgehead atoms. The van der Waals surface area contributed by atoms with Crippen LogP contribution in [-0.4, -0.2) is 24.6 Å². The largest absolute Gasteiger partial charge is 0.493 e. The van der Waals surface area contributed by atoms with E-state index in [0.717, 1.165) is 50.4 Å². The highest BCUT2D eigenvalue weighted by molar-refractivity contribution is 5.33. The van der Waals surface area contributed by atoms with E-state index in [0.29, 0.717) is 6.54 Å². The van der Waals surface area contributed by atoms with E-state index in [9.17, 15) is 0 Å². The Kier molecular flexibility index (Phi) is 5.09. The van der Waals surface area contributed by atoms with Gasteiger partial charge in [-0.25, -0.2) is 0 Å². The van der Waals surface area contributed by atoms with Crippen LogP contribution in [0, 0.1) is 0 Å². The van der Waals surface area contributed by atoms with Gasteiger partial charge in [0.05, 0.1) is 6.61 Å². The lowest BCUT2D eigenvalue weighted by atomic mass is 10.00. The van der Waals surface area contributed by atoms with Crippen molar-refractivity contribution in [3.63, 3.8) is 0 Å². The molecule has 0 aromatic heterocycles. The summed E-state index contributed by atoms with van der Waals surface area (Å²) in [5, 5.41) is 0. The van der Waals surface area contributed by atoms with Gasteiger partial charge in [-0.2, -0.15) is 0 Å². The number of fused-ring (bicyclic) bond motifs is 1. The number of rotatable bonds is 6. The molecule has 3 nitrogen and oxygen atoms in total. The van der Waals surface area contributed by atoms with E-state index in [1.165, 1.54) is 11.1 Å². The van der Waals surface area contributed by atoms with Crippen molar-refractivity contribution in [3.05, 3.63) is 65.2 Å². The second-order valence-corrected chi connectivity index (χ2v) is 5.81. The maximum atomic E-state index is 5.88. The highest BCUT2D eigenvalue weighted by Crippen LogP contribution is 2.19. The van der Waals surface area contributed by atoms with Gasteiger partial charge in [-0.1, -0.05) is 42.5 Å². The van der Waals surface area contributed by atoms with Gasteiger partial charge in [0, 0.05) is 31.7 Å². The zero-order chi connectivity index (χ0) is 15.2. The number of para-hydroxylation sites is 1.